The molecule has 0 aromatic carbocycles. The van der Waals surface area contributed by atoms with E-state index in [1.165, 1.54) is 13.0 Å². The van der Waals surface area contributed by atoms with Crippen molar-refractivity contribution in [2.75, 3.05) is 13.6 Å². The maximum absolute atomic E-state index is 2.50. The third kappa shape index (κ3) is 1.51. The Labute approximate surface area is 64.4 Å². The van der Waals surface area contributed by atoms with Crippen LogP contribution in [0.5, 0.6) is 0 Å². The predicted octanol–water partition coefficient (Wildman–Crippen LogP) is 1.98. The van der Waals surface area contributed by atoms with Crippen LogP contribution in [0.3, 0.4) is 0 Å². The van der Waals surface area contributed by atoms with Crippen LogP contribution < -0.4 is 0 Å². The molecule has 1 fully saturated rings. The van der Waals surface area contributed by atoms with E-state index in [1.807, 2.05) is 0 Å². The van der Waals surface area contributed by atoms with Crippen molar-refractivity contribution in [2.24, 2.45) is 11.8 Å². The summed E-state index contributed by atoms with van der Waals surface area (Å²) in [5.74, 6) is 1.74. The molecule has 1 aliphatic rings. The summed E-state index contributed by atoms with van der Waals surface area (Å²) >= 11 is 0. The smallest absolute Gasteiger partial charge is 0.0118 e. The van der Waals surface area contributed by atoms with Gasteiger partial charge in [-0.3, -0.25) is 0 Å². The highest BCUT2D eigenvalue weighted by molar-refractivity contribution is 4.82. The number of likely N-dealkylation sites (tertiary alicyclic amines) is 1. The highest BCUT2D eigenvalue weighted by atomic mass is 15.2. The van der Waals surface area contributed by atoms with Crippen LogP contribution in [0.25, 0.3) is 0 Å². The fraction of sp³-hybridized carbons (Fsp3) is 1.00. The molecular formula is C9H19N. The highest BCUT2D eigenvalue weighted by Gasteiger charge is 2.28. The first-order valence-corrected chi connectivity index (χ1v) is 4.31. The van der Waals surface area contributed by atoms with Gasteiger partial charge < -0.3 is 4.90 Å². The van der Waals surface area contributed by atoms with Crippen LogP contribution in [0.2, 0.25) is 0 Å². The SMILES string of the molecule is CC(C)[C@@H]1C[C@@H](C)CN1C. The monoisotopic (exact) mass is 141 g/mol. The van der Waals surface area contributed by atoms with Gasteiger partial charge in [0, 0.05) is 12.6 Å². The van der Waals surface area contributed by atoms with E-state index in [0.29, 0.717) is 0 Å². The van der Waals surface area contributed by atoms with Crippen molar-refractivity contribution < 1.29 is 0 Å². The van der Waals surface area contributed by atoms with Gasteiger partial charge in [-0.25, -0.2) is 0 Å². The summed E-state index contributed by atoms with van der Waals surface area (Å²) in [6, 6.07) is 0.843. The third-order valence-corrected chi connectivity index (χ3v) is 2.58. The Morgan fingerprint density at radius 3 is 2.20 bits per heavy atom. The zero-order valence-corrected chi connectivity index (χ0v) is 7.59. The van der Waals surface area contributed by atoms with Gasteiger partial charge in [0.2, 0.25) is 0 Å². The van der Waals surface area contributed by atoms with Crippen molar-refractivity contribution in [1.29, 1.82) is 0 Å². The van der Waals surface area contributed by atoms with E-state index in [1.54, 1.807) is 0 Å². The van der Waals surface area contributed by atoms with Gasteiger partial charge in [-0.15, -0.1) is 0 Å². The van der Waals surface area contributed by atoms with Gasteiger partial charge in [-0.1, -0.05) is 20.8 Å². The van der Waals surface area contributed by atoms with E-state index in [0.717, 1.165) is 17.9 Å². The zero-order chi connectivity index (χ0) is 7.72. The fourth-order valence-corrected chi connectivity index (χ4v) is 2.07. The third-order valence-electron chi connectivity index (χ3n) is 2.58. The molecule has 2 atom stereocenters. The number of hydrogen-bond acceptors (Lipinski definition) is 1. The van der Waals surface area contributed by atoms with Crippen molar-refractivity contribution in [3.05, 3.63) is 0 Å². The quantitative estimate of drug-likeness (QED) is 0.539. The van der Waals surface area contributed by atoms with Crippen LogP contribution in [0.1, 0.15) is 27.2 Å². The molecule has 0 aromatic rings. The van der Waals surface area contributed by atoms with Crippen molar-refractivity contribution in [2.45, 2.75) is 33.2 Å². The van der Waals surface area contributed by atoms with E-state index in [-0.39, 0.29) is 0 Å². The molecular weight excluding hydrogens is 122 g/mol. The second-order valence-corrected chi connectivity index (χ2v) is 4.09. The molecule has 0 radical (unpaired) electrons. The molecule has 10 heavy (non-hydrogen) atoms. The van der Waals surface area contributed by atoms with E-state index < -0.39 is 0 Å². The minimum Gasteiger partial charge on any atom is -0.303 e. The first-order valence-electron chi connectivity index (χ1n) is 4.31. The molecule has 1 aliphatic heterocycles. The van der Waals surface area contributed by atoms with Crippen LogP contribution in [0.4, 0.5) is 0 Å². The van der Waals surface area contributed by atoms with Gasteiger partial charge in [0.1, 0.15) is 0 Å². The van der Waals surface area contributed by atoms with Gasteiger partial charge >= 0.3 is 0 Å². The van der Waals surface area contributed by atoms with Crippen LogP contribution in [-0.4, -0.2) is 24.5 Å². The summed E-state index contributed by atoms with van der Waals surface area (Å²) < 4.78 is 0. The van der Waals surface area contributed by atoms with Crippen molar-refractivity contribution in [3.8, 4) is 0 Å². The molecule has 1 heterocycles. The molecule has 0 amide bonds. The molecule has 1 saturated heterocycles. The summed E-state index contributed by atoms with van der Waals surface area (Å²) in [7, 11) is 2.24. The lowest BCUT2D eigenvalue weighted by Crippen LogP contribution is -2.29. The molecule has 1 heteroatoms. The Hall–Kier alpha value is -0.0400. The molecule has 0 bridgehead atoms. The second-order valence-electron chi connectivity index (χ2n) is 4.09. The van der Waals surface area contributed by atoms with E-state index in [4.69, 9.17) is 0 Å². The largest absolute Gasteiger partial charge is 0.303 e. The van der Waals surface area contributed by atoms with Gasteiger partial charge in [0.25, 0.3) is 0 Å². The minimum atomic E-state index is 0.829. The van der Waals surface area contributed by atoms with E-state index >= 15 is 0 Å². The molecule has 0 N–H and O–H groups in total. The van der Waals surface area contributed by atoms with Crippen molar-refractivity contribution in [3.63, 3.8) is 0 Å². The molecule has 0 spiro atoms. The zero-order valence-electron chi connectivity index (χ0n) is 7.59. The number of hydrogen-bond donors (Lipinski definition) is 0. The average molecular weight is 141 g/mol. The summed E-state index contributed by atoms with van der Waals surface area (Å²) in [5.41, 5.74) is 0. The lowest BCUT2D eigenvalue weighted by atomic mass is 9.99. The van der Waals surface area contributed by atoms with E-state index in [9.17, 15) is 0 Å². The summed E-state index contributed by atoms with van der Waals surface area (Å²) in [5, 5.41) is 0. The molecule has 0 aliphatic carbocycles. The lowest BCUT2D eigenvalue weighted by Gasteiger charge is -2.22. The van der Waals surface area contributed by atoms with Crippen LogP contribution in [0.15, 0.2) is 0 Å². The molecule has 0 unspecified atom stereocenters. The van der Waals surface area contributed by atoms with E-state index in [2.05, 4.69) is 32.7 Å². The van der Waals surface area contributed by atoms with Crippen LogP contribution in [-0.2, 0) is 0 Å². The van der Waals surface area contributed by atoms with Gasteiger partial charge in [0.05, 0.1) is 0 Å². The Morgan fingerprint density at radius 1 is 1.40 bits per heavy atom. The average Bonchev–Trinajstić information content (AvgIpc) is 2.10. The maximum atomic E-state index is 2.50. The first-order chi connectivity index (χ1) is 4.61. The van der Waals surface area contributed by atoms with Gasteiger partial charge in [-0.05, 0) is 25.3 Å². The van der Waals surface area contributed by atoms with Crippen LogP contribution >= 0.6 is 0 Å². The molecule has 60 valence electrons. The summed E-state index contributed by atoms with van der Waals surface area (Å²) in [4.78, 5) is 2.50. The Bertz CT molecular complexity index is 109. The highest BCUT2D eigenvalue weighted by Crippen LogP contribution is 2.25. The normalized spacial score (nSPS) is 35.7. The maximum Gasteiger partial charge on any atom is 0.0118 e. The topological polar surface area (TPSA) is 3.24 Å². The minimum absolute atomic E-state index is 0.829. The summed E-state index contributed by atoms with van der Waals surface area (Å²) in [6.45, 7) is 8.28. The fourth-order valence-electron chi connectivity index (χ4n) is 2.07. The molecule has 1 rings (SSSR count). The molecule has 0 saturated carbocycles. The summed E-state index contributed by atoms with van der Waals surface area (Å²) in [6.07, 6.45) is 1.40. The number of rotatable bonds is 1. The number of nitrogens with zero attached hydrogens (tertiary/aromatic N) is 1. The van der Waals surface area contributed by atoms with Gasteiger partial charge in [-0.2, -0.15) is 0 Å². The Morgan fingerprint density at radius 2 is 2.00 bits per heavy atom. The molecule has 0 aromatic heterocycles. The van der Waals surface area contributed by atoms with Crippen molar-refractivity contribution in [1.82, 2.24) is 4.90 Å². The predicted molar refractivity (Wildman–Crippen MR) is 45.0 cm³/mol. The Kier molecular flexibility index (Phi) is 2.35. The van der Waals surface area contributed by atoms with Crippen molar-refractivity contribution >= 4 is 0 Å². The molecule has 1 nitrogen and oxygen atoms in total. The lowest BCUT2D eigenvalue weighted by molar-refractivity contribution is 0.250. The van der Waals surface area contributed by atoms with Crippen LogP contribution in [0, 0.1) is 11.8 Å². The second kappa shape index (κ2) is 2.91. The van der Waals surface area contributed by atoms with Gasteiger partial charge in [0.15, 0.2) is 0 Å². The Balaban J connectivity index is 2.46. The standard InChI is InChI=1S/C9H19N/c1-7(2)9-5-8(3)6-10(9)4/h7-9H,5-6H2,1-4H3/t8-,9+/m1/s1. The first kappa shape index (κ1) is 8.06.